The number of pyridine rings is 1. The summed E-state index contributed by atoms with van der Waals surface area (Å²) in [6, 6.07) is 2.75. The monoisotopic (exact) mass is 251 g/mol. The van der Waals surface area contributed by atoms with E-state index in [9.17, 15) is 14.0 Å². The van der Waals surface area contributed by atoms with Crippen LogP contribution in [-0.4, -0.2) is 41.3 Å². The van der Waals surface area contributed by atoms with E-state index < -0.39 is 11.9 Å². The first-order valence-electron chi connectivity index (χ1n) is 5.73. The van der Waals surface area contributed by atoms with Crippen LogP contribution in [0, 0.1) is 5.95 Å². The topological polar surface area (TPSA) is 62.3 Å². The lowest BCUT2D eigenvalue weighted by Crippen LogP contribution is -2.48. The number of nitrogens with zero attached hydrogens (tertiary/aromatic N) is 2. The summed E-state index contributed by atoms with van der Waals surface area (Å²) in [5.74, 6) is -1.21. The molecule has 1 saturated heterocycles. The van der Waals surface area contributed by atoms with Gasteiger partial charge in [-0.1, -0.05) is 0 Å². The molecule has 0 radical (unpaired) electrons. The van der Waals surface area contributed by atoms with Gasteiger partial charge in [0, 0.05) is 32.3 Å². The molecular formula is C12H14FN3O2. The molecule has 6 heteroatoms. The third-order valence-electron chi connectivity index (χ3n) is 2.97. The van der Waals surface area contributed by atoms with Crippen LogP contribution in [-0.2, 0) is 4.79 Å². The molecule has 1 N–H and O–H groups in total. The Bertz CT molecular complexity index is 478. The molecule has 1 aliphatic heterocycles. The quantitative estimate of drug-likeness (QED) is 0.782. The predicted molar refractivity (Wildman–Crippen MR) is 62.3 cm³/mol. The molecule has 2 heterocycles. The molecule has 18 heavy (non-hydrogen) atoms. The summed E-state index contributed by atoms with van der Waals surface area (Å²) in [5, 5.41) is 2.71. The highest BCUT2D eigenvalue weighted by molar-refractivity contribution is 5.94. The maximum Gasteiger partial charge on any atom is 0.256 e. The molecule has 0 spiro atoms. The highest BCUT2D eigenvalue weighted by Gasteiger charge is 2.25. The number of hydrogen-bond donors (Lipinski definition) is 1. The molecular weight excluding hydrogens is 237 g/mol. The third kappa shape index (κ3) is 2.64. The van der Waals surface area contributed by atoms with E-state index in [1.165, 1.54) is 18.3 Å². The molecule has 0 aliphatic carbocycles. The predicted octanol–water partition coefficient (Wildman–Crippen LogP) is 0.571. The average molecular weight is 251 g/mol. The van der Waals surface area contributed by atoms with Gasteiger partial charge in [-0.05, 0) is 18.6 Å². The zero-order chi connectivity index (χ0) is 13.1. The molecule has 2 amide bonds. The standard InChI is InChI=1S/C12H14FN3O2/c1-16-7-8(4-5-10(16)17)15-12(18)9-3-2-6-14-11(9)13/h2-3,6,8H,4-5,7H2,1H3,(H,15,18). The van der Waals surface area contributed by atoms with Gasteiger partial charge < -0.3 is 10.2 Å². The second-order valence-electron chi connectivity index (χ2n) is 4.33. The Morgan fingerprint density at radius 3 is 3.06 bits per heavy atom. The number of hydrogen-bond acceptors (Lipinski definition) is 3. The maximum absolute atomic E-state index is 13.3. The fraction of sp³-hybridized carbons (Fsp3) is 0.417. The molecule has 0 saturated carbocycles. The van der Waals surface area contributed by atoms with Gasteiger partial charge >= 0.3 is 0 Å². The molecule has 96 valence electrons. The van der Waals surface area contributed by atoms with Gasteiger partial charge in [-0.2, -0.15) is 4.39 Å². The minimum Gasteiger partial charge on any atom is -0.347 e. The number of rotatable bonds is 2. The molecule has 0 bridgehead atoms. The normalized spacial score (nSPS) is 19.8. The molecule has 1 fully saturated rings. The highest BCUT2D eigenvalue weighted by Crippen LogP contribution is 2.11. The number of amides is 2. The number of carbonyl (C=O) groups is 2. The molecule has 2 rings (SSSR count). The van der Waals surface area contributed by atoms with Crippen molar-refractivity contribution in [1.29, 1.82) is 0 Å². The first kappa shape index (κ1) is 12.5. The number of likely N-dealkylation sites (tertiary alicyclic amines) is 1. The van der Waals surface area contributed by atoms with Crippen LogP contribution < -0.4 is 5.32 Å². The number of aromatic nitrogens is 1. The van der Waals surface area contributed by atoms with Crippen LogP contribution in [0.15, 0.2) is 18.3 Å². The Hall–Kier alpha value is -1.98. The molecule has 1 aromatic rings. The zero-order valence-corrected chi connectivity index (χ0v) is 10.0. The summed E-state index contributed by atoms with van der Waals surface area (Å²) < 4.78 is 13.3. The van der Waals surface area contributed by atoms with Crippen LogP contribution in [0.2, 0.25) is 0 Å². The van der Waals surface area contributed by atoms with Crippen molar-refractivity contribution in [2.24, 2.45) is 0 Å². The van der Waals surface area contributed by atoms with Gasteiger partial charge in [0.05, 0.1) is 5.56 Å². The van der Waals surface area contributed by atoms with Gasteiger partial charge in [0.15, 0.2) is 0 Å². The van der Waals surface area contributed by atoms with Crippen LogP contribution in [0.5, 0.6) is 0 Å². The lowest BCUT2D eigenvalue weighted by atomic mass is 10.1. The van der Waals surface area contributed by atoms with Gasteiger partial charge in [0.2, 0.25) is 11.9 Å². The molecule has 0 aromatic carbocycles. The first-order chi connectivity index (χ1) is 8.58. The van der Waals surface area contributed by atoms with Crippen molar-refractivity contribution in [2.75, 3.05) is 13.6 Å². The van der Waals surface area contributed by atoms with Gasteiger partial charge in [0.25, 0.3) is 5.91 Å². The van der Waals surface area contributed by atoms with Crippen LogP contribution in [0.1, 0.15) is 23.2 Å². The minimum atomic E-state index is -0.782. The van der Waals surface area contributed by atoms with Crippen molar-refractivity contribution < 1.29 is 14.0 Å². The van der Waals surface area contributed by atoms with E-state index in [0.29, 0.717) is 19.4 Å². The first-order valence-corrected chi connectivity index (χ1v) is 5.73. The van der Waals surface area contributed by atoms with Crippen molar-refractivity contribution in [3.05, 3.63) is 29.8 Å². The van der Waals surface area contributed by atoms with Gasteiger partial charge in [-0.25, -0.2) is 4.98 Å². The van der Waals surface area contributed by atoms with Gasteiger partial charge in [-0.15, -0.1) is 0 Å². The van der Waals surface area contributed by atoms with Crippen LogP contribution in [0.4, 0.5) is 4.39 Å². The van der Waals surface area contributed by atoms with E-state index >= 15 is 0 Å². The number of halogens is 1. The zero-order valence-electron chi connectivity index (χ0n) is 10.0. The van der Waals surface area contributed by atoms with Crippen LogP contribution >= 0.6 is 0 Å². The van der Waals surface area contributed by atoms with Gasteiger partial charge in [0.1, 0.15) is 0 Å². The Balaban J connectivity index is 2.00. The smallest absolute Gasteiger partial charge is 0.256 e. The largest absolute Gasteiger partial charge is 0.347 e. The number of likely N-dealkylation sites (N-methyl/N-ethyl adjacent to an activating group) is 1. The summed E-state index contributed by atoms with van der Waals surface area (Å²) in [5.41, 5.74) is -0.0722. The molecule has 5 nitrogen and oxygen atoms in total. The summed E-state index contributed by atoms with van der Waals surface area (Å²) in [6.45, 7) is 0.451. The van der Waals surface area contributed by atoms with Crippen LogP contribution in [0.25, 0.3) is 0 Å². The number of carbonyl (C=O) groups excluding carboxylic acids is 2. The van der Waals surface area contributed by atoms with E-state index in [-0.39, 0.29) is 17.5 Å². The fourth-order valence-electron chi connectivity index (χ4n) is 1.95. The van der Waals surface area contributed by atoms with E-state index in [2.05, 4.69) is 10.3 Å². The number of piperidine rings is 1. The van der Waals surface area contributed by atoms with E-state index in [0.717, 1.165) is 0 Å². The maximum atomic E-state index is 13.3. The second-order valence-corrected chi connectivity index (χ2v) is 4.33. The third-order valence-corrected chi connectivity index (χ3v) is 2.97. The Morgan fingerprint density at radius 2 is 2.39 bits per heavy atom. The Kier molecular flexibility index (Phi) is 3.55. The Morgan fingerprint density at radius 1 is 1.61 bits per heavy atom. The Labute approximate surface area is 104 Å². The van der Waals surface area contributed by atoms with Crippen molar-refractivity contribution >= 4 is 11.8 Å². The van der Waals surface area contributed by atoms with Crippen molar-refractivity contribution in [3.63, 3.8) is 0 Å². The molecule has 1 unspecified atom stereocenters. The molecule has 1 aliphatic rings. The van der Waals surface area contributed by atoms with E-state index in [1.54, 1.807) is 11.9 Å². The summed E-state index contributed by atoms with van der Waals surface area (Å²) >= 11 is 0. The lowest BCUT2D eigenvalue weighted by molar-refractivity contribution is -0.132. The molecule has 1 aromatic heterocycles. The van der Waals surface area contributed by atoms with E-state index in [1.807, 2.05) is 0 Å². The molecule has 1 atom stereocenters. The van der Waals surface area contributed by atoms with Gasteiger partial charge in [-0.3, -0.25) is 9.59 Å². The summed E-state index contributed by atoms with van der Waals surface area (Å²) in [4.78, 5) is 28.1. The van der Waals surface area contributed by atoms with Crippen LogP contribution in [0.3, 0.4) is 0 Å². The van der Waals surface area contributed by atoms with E-state index in [4.69, 9.17) is 0 Å². The minimum absolute atomic E-state index is 0.0630. The van der Waals surface area contributed by atoms with Crippen molar-refractivity contribution in [3.8, 4) is 0 Å². The van der Waals surface area contributed by atoms with Crippen molar-refractivity contribution in [1.82, 2.24) is 15.2 Å². The summed E-state index contributed by atoms with van der Waals surface area (Å²) in [7, 11) is 1.69. The fourth-order valence-corrected chi connectivity index (χ4v) is 1.95. The summed E-state index contributed by atoms with van der Waals surface area (Å²) in [6.07, 6.45) is 2.27. The SMILES string of the molecule is CN1CC(NC(=O)c2cccnc2F)CCC1=O. The van der Waals surface area contributed by atoms with Crippen molar-refractivity contribution in [2.45, 2.75) is 18.9 Å². The lowest BCUT2D eigenvalue weighted by Gasteiger charge is -2.30. The highest BCUT2D eigenvalue weighted by atomic mass is 19.1. The second kappa shape index (κ2) is 5.12. The average Bonchev–Trinajstić information content (AvgIpc) is 2.34. The number of nitrogens with one attached hydrogen (secondary N) is 1.